The zero-order valence-corrected chi connectivity index (χ0v) is 15.5. The van der Waals surface area contributed by atoms with Gasteiger partial charge in [0.15, 0.2) is 0 Å². The zero-order chi connectivity index (χ0) is 18.6. The van der Waals surface area contributed by atoms with Crippen LogP contribution in [-0.4, -0.2) is 42.1 Å². The van der Waals surface area contributed by atoms with Crippen LogP contribution in [0.2, 0.25) is 0 Å². The number of tetrazole rings is 1. The molecule has 4 rings (SSSR count). The first kappa shape index (κ1) is 17.5. The normalized spacial score (nSPS) is 17.7. The van der Waals surface area contributed by atoms with Crippen LogP contribution in [0, 0.1) is 0 Å². The summed E-state index contributed by atoms with van der Waals surface area (Å²) in [5.41, 5.74) is 3.11. The van der Waals surface area contributed by atoms with Gasteiger partial charge in [-0.3, -0.25) is 4.79 Å². The highest BCUT2D eigenvalue weighted by molar-refractivity contribution is 5.79. The van der Waals surface area contributed by atoms with Crippen molar-refractivity contribution >= 4 is 5.91 Å². The van der Waals surface area contributed by atoms with E-state index in [4.69, 9.17) is 0 Å². The van der Waals surface area contributed by atoms with Crippen LogP contribution in [0.4, 0.5) is 0 Å². The molecule has 0 radical (unpaired) electrons. The molecule has 3 aromatic rings. The summed E-state index contributed by atoms with van der Waals surface area (Å²) >= 11 is 0. The minimum absolute atomic E-state index is 0.167. The lowest BCUT2D eigenvalue weighted by Crippen LogP contribution is -2.36. The highest BCUT2D eigenvalue weighted by atomic mass is 16.2. The smallest absolute Gasteiger partial charge is 0.227 e. The third kappa shape index (κ3) is 3.77. The molecule has 1 aromatic carbocycles. The first-order valence-electron chi connectivity index (χ1n) is 9.45. The van der Waals surface area contributed by atoms with E-state index in [9.17, 15) is 4.79 Å². The molecule has 1 fully saturated rings. The van der Waals surface area contributed by atoms with Crippen molar-refractivity contribution in [3.8, 4) is 5.69 Å². The second kappa shape index (κ2) is 7.73. The van der Waals surface area contributed by atoms with Gasteiger partial charge >= 0.3 is 0 Å². The summed E-state index contributed by atoms with van der Waals surface area (Å²) in [6.07, 6.45) is 8.48. The molecule has 0 spiro atoms. The maximum absolute atomic E-state index is 13.1. The maximum Gasteiger partial charge on any atom is 0.227 e. The average molecular weight is 364 g/mol. The van der Waals surface area contributed by atoms with Gasteiger partial charge in [-0.2, -0.15) is 0 Å². The van der Waals surface area contributed by atoms with Gasteiger partial charge in [0.1, 0.15) is 6.33 Å². The van der Waals surface area contributed by atoms with Crippen LogP contribution in [0.25, 0.3) is 5.69 Å². The molecule has 2 aromatic heterocycles. The Kier molecular flexibility index (Phi) is 5.00. The Balaban J connectivity index is 1.51. The molecule has 1 amide bonds. The molecular weight excluding hydrogens is 340 g/mol. The number of aromatic nitrogens is 5. The topological polar surface area (TPSA) is 68.8 Å². The Hall–Kier alpha value is -2.96. The molecule has 1 aliphatic heterocycles. The lowest BCUT2D eigenvalue weighted by molar-refractivity contribution is -0.133. The summed E-state index contributed by atoms with van der Waals surface area (Å²) in [5.74, 6) is 0.193. The van der Waals surface area contributed by atoms with E-state index in [-0.39, 0.29) is 11.9 Å². The largest absolute Gasteiger partial charge is 0.353 e. The van der Waals surface area contributed by atoms with Crippen molar-refractivity contribution in [3.63, 3.8) is 0 Å². The summed E-state index contributed by atoms with van der Waals surface area (Å²) in [4.78, 5) is 15.2. The van der Waals surface area contributed by atoms with E-state index >= 15 is 0 Å². The predicted octanol–water partition coefficient (Wildman–Crippen LogP) is 2.69. The fourth-order valence-corrected chi connectivity index (χ4v) is 3.86. The quantitative estimate of drug-likeness (QED) is 0.714. The molecular formula is C20H24N6O. The number of aryl methyl sites for hydroxylation is 1. The van der Waals surface area contributed by atoms with Gasteiger partial charge in [-0.15, -0.1) is 5.10 Å². The second-order valence-electron chi connectivity index (χ2n) is 7.09. The van der Waals surface area contributed by atoms with Crippen LogP contribution in [-0.2, 0) is 18.3 Å². The van der Waals surface area contributed by atoms with Crippen molar-refractivity contribution in [3.05, 3.63) is 60.2 Å². The number of benzene rings is 1. The Morgan fingerprint density at radius 3 is 2.70 bits per heavy atom. The van der Waals surface area contributed by atoms with Gasteiger partial charge in [0.2, 0.25) is 5.91 Å². The first-order valence-corrected chi connectivity index (χ1v) is 9.45. The number of rotatable bonds is 4. The van der Waals surface area contributed by atoms with Gasteiger partial charge in [0.25, 0.3) is 0 Å². The number of amides is 1. The van der Waals surface area contributed by atoms with Crippen molar-refractivity contribution in [2.75, 3.05) is 6.54 Å². The molecule has 1 atom stereocenters. The van der Waals surface area contributed by atoms with Crippen LogP contribution >= 0.6 is 0 Å². The molecule has 0 aliphatic carbocycles. The fraction of sp³-hybridized carbons (Fsp3) is 0.400. The van der Waals surface area contributed by atoms with Crippen molar-refractivity contribution in [2.24, 2.45) is 7.05 Å². The molecule has 7 heteroatoms. The number of carbonyl (C=O) groups is 1. The van der Waals surface area contributed by atoms with Crippen molar-refractivity contribution in [2.45, 2.75) is 38.1 Å². The van der Waals surface area contributed by atoms with Crippen molar-refractivity contribution in [1.29, 1.82) is 0 Å². The van der Waals surface area contributed by atoms with E-state index in [2.05, 4.69) is 50.4 Å². The van der Waals surface area contributed by atoms with Gasteiger partial charge in [-0.25, -0.2) is 4.68 Å². The second-order valence-corrected chi connectivity index (χ2v) is 7.09. The highest BCUT2D eigenvalue weighted by Crippen LogP contribution is 2.30. The molecule has 0 bridgehead atoms. The van der Waals surface area contributed by atoms with E-state index in [0.717, 1.165) is 30.6 Å². The maximum atomic E-state index is 13.1. The van der Waals surface area contributed by atoms with Crippen molar-refractivity contribution < 1.29 is 4.79 Å². The van der Waals surface area contributed by atoms with E-state index in [0.29, 0.717) is 6.42 Å². The number of nitrogens with zero attached hydrogens (tertiary/aromatic N) is 6. The SMILES string of the molecule is Cn1cccc1C1CCCCCN1C(=O)Cc1ccc(-n2cnnn2)cc1. The number of hydrogen-bond acceptors (Lipinski definition) is 4. The average Bonchev–Trinajstić information content (AvgIpc) is 3.29. The Labute approximate surface area is 158 Å². The Morgan fingerprint density at radius 1 is 1.15 bits per heavy atom. The minimum atomic E-state index is 0.167. The summed E-state index contributed by atoms with van der Waals surface area (Å²) < 4.78 is 3.74. The van der Waals surface area contributed by atoms with Crippen LogP contribution in [0.5, 0.6) is 0 Å². The molecule has 1 aliphatic rings. The van der Waals surface area contributed by atoms with Crippen LogP contribution in [0.1, 0.15) is 43.0 Å². The third-order valence-corrected chi connectivity index (χ3v) is 5.30. The number of carbonyl (C=O) groups excluding carboxylic acids is 1. The molecule has 7 nitrogen and oxygen atoms in total. The summed E-state index contributed by atoms with van der Waals surface area (Å²) in [5, 5.41) is 11.2. The molecule has 140 valence electrons. The van der Waals surface area contributed by atoms with Crippen LogP contribution in [0.15, 0.2) is 48.9 Å². The van der Waals surface area contributed by atoms with E-state index in [1.807, 2.05) is 24.3 Å². The summed E-state index contributed by atoms with van der Waals surface area (Å²) in [6, 6.07) is 12.2. The van der Waals surface area contributed by atoms with Gasteiger partial charge in [-0.1, -0.05) is 25.0 Å². The molecule has 0 N–H and O–H groups in total. The summed E-state index contributed by atoms with van der Waals surface area (Å²) in [6.45, 7) is 0.831. The third-order valence-electron chi connectivity index (χ3n) is 5.30. The Morgan fingerprint density at radius 2 is 2.00 bits per heavy atom. The van der Waals surface area contributed by atoms with Crippen molar-refractivity contribution in [1.82, 2.24) is 29.7 Å². The monoisotopic (exact) mass is 364 g/mol. The molecule has 3 heterocycles. The van der Waals surface area contributed by atoms with Crippen LogP contribution < -0.4 is 0 Å². The zero-order valence-electron chi connectivity index (χ0n) is 15.5. The minimum Gasteiger partial charge on any atom is -0.353 e. The molecule has 27 heavy (non-hydrogen) atoms. The van der Waals surface area contributed by atoms with Gasteiger partial charge < -0.3 is 9.47 Å². The van der Waals surface area contributed by atoms with E-state index in [1.165, 1.54) is 18.5 Å². The van der Waals surface area contributed by atoms with Gasteiger partial charge in [0, 0.05) is 25.5 Å². The lowest BCUT2D eigenvalue weighted by atomic mass is 10.0. The predicted molar refractivity (Wildman–Crippen MR) is 101 cm³/mol. The number of likely N-dealkylation sites (tertiary alicyclic amines) is 1. The van der Waals surface area contributed by atoms with E-state index in [1.54, 1.807) is 11.0 Å². The lowest BCUT2D eigenvalue weighted by Gasteiger charge is -2.31. The van der Waals surface area contributed by atoms with Crippen LogP contribution in [0.3, 0.4) is 0 Å². The number of hydrogen-bond donors (Lipinski definition) is 0. The molecule has 1 saturated heterocycles. The highest BCUT2D eigenvalue weighted by Gasteiger charge is 2.28. The molecule has 0 saturated carbocycles. The molecule has 1 unspecified atom stereocenters. The van der Waals surface area contributed by atoms with Gasteiger partial charge in [-0.05, 0) is 53.1 Å². The van der Waals surface area contributed by atoms with E-state index < -0.39 is 0 Å². The fourth-order valence-electron chi connectivity index (χ4n) is 3.86. The standard InChI is InChI=1S/C20H24N6O/c1-24-12-5-7-18(24)19-6-3-2-4-13-25(19)20(27)14-16-8-10-17(11-9-16)26-15-21-22-23-26/h5,7-12,15,19H,2-4,6,13-14H2,1H3. The Bertz CT molecular complexity index is 884. The first-order chi connectivity index (χ1) is 13.2. The van der Waals surface area contributed by atoms with Gasteiger partial charge in [0.05, 0.1) is 18.2 Å². The summed E-state index contributed by atoms with van der Waals surface area (Å²) in [7, 11) is 2.06.